The fourth-order valence-corrected chi connectivity index (χ4v) is 5.83. The topological polar surface area (TPSA) is 86.8 Å². The number of ketones is 2. The first-order valence-corrected chi connectivity index (χ1v) is 12.7. The first-order chi connectivity index (χ1) is 17.3. The Morgan fingerprint density at radius 2 is 2.00 bits per heavy atom. The van der Waals surface area contributed by atoms with Crippen LogP contribution in [0.4, 0.5) is 0 Å². The van der Waals surface area contributed by atoms with Crippen molar-refractivity contribution in [1.82, 2.24) is 10.3 Å². The molecule has 9 heteroatoms. The molecule has 1 aliphatic heterocycles. The summed E-state index contributed by atoms with van der Waals surface area (Å²) in [4.78, 5) is 31.6. The average Bonchev–Trinajstić information content (AvgIpc) is 3.44. The Morgan fingerprint density at radius 1 is 1.22 bits per heavy atom. The van der Waals surface area contributed by atoms with Crippen molar-refractivity contribution in [2.75, 3.05) is 14.2 Å². The minimum atomic E-state index is -1.68. The molecule has 1 N–H and O–H groups in total. The number of nitrogens with zero attached hydrogens (tertiary/aromatic N) is 1. The van der Waals surface area contributed by atoms with E-state index in [9.17, 15) is 9.59 Å². The molecule has 2 aromatic carbocycles. The lowest BCUT2D eigenvalue weighted by molar-refractivity contribution is -0.129. The number of thiazole rings is 1. The highest BCUT2D eigenvalue weighted by atomic mass is 35.5. The van der Waals surface area contributed by atoms with Gasteiger partial charge in [-0.25, -0.2) is 4.98 Å². The summed E-state index contributed by atoms with van der Waals surface area (Å²) in [6.45, 7) is 4.34. The summed E-state index contributed by atoms with van der Waals surface area (Å²) < 4.78 is 16.8. The monoisotopic (exact) mass is 524 g/mol. The second-order valence-electron chi connectivity index (χ2n) is 8.95. The van der Waals surface area contributed by atoms with Crippen LogP contribution in [0, 0.1) is 12.8 Å². The van der Waals surface area contributed by atoms with E-state index in [1.54, 1.807) is 11.3 Å². The first kappa shape index (κ1) is 24.3. The highest BCUT2D eigenvalue weighted by Gasteiger charge is 2.60. The number of hydrogen-bond acceptors (Lipinski definition) is 8. The van der Waals surface area contributed by atoms with Crippen molar-refractivity contribution in [1.29, 1.82) is 0 Å². The van der Waals surface area contributed by atoms with Crippen LogP contribution < -0.4 is 19.5 Å². The summed E-state index contributed by atoms with van der Waals surface area (Å²) in [6, 6.07) is 9.67. The van der Waals surface area contributed by atoms with Gasteiger partial charge in [0.05, 0.1) is 14.2 Å². The molecule has 3 aromatic rings. The van der Waals surface area contributed by atoms with E-state index in [4.69, 9.17) is 25.8 Å². The number of rotatable bonds is 6. The second-order valence-corrected chi connectivity index (χ2v) is 10.2. The molecular formula is C27H25ClN2O5S. The molecule has 0 radical (unpaired) electrons. The molecule has 0 saturated carbocycles. The van der Waals surface area contributed by atoms with Gasteiger partial charge in [0, 0.05) is 46.9 Å². The maximum atomic E-state index is 13.6. The van der Waals surface area contributed by atoms with E-state index in [2.05, 4.69) is 16.4 Å². The summed E-state index contributed by atoms with van der Waals surface area (Å²) >= 11 is 8.06. The zero-order chi connectivity index (χ0) is 25.6. The number of halogens is 1. The van der Waals surface area contributed by atoms with Gasteiger partial charge in [0.15, 0.2) is 5.75 Å². The van der Waals surface area contributed by atoms with E-state index in [-0.39, 0.29) is 22.1 Å². The van der Waals surface area contributed by atoms with Crippen molar-refractivity contribution in [3.8, 4) is 27.8 Å². The Labute approximate surface area is 218 Å². The predicted octanol–water partition coefficient (Wildman–Crippen LogP) is 5.39. The van der Waals surface area contributed by atoms with Gasteiger partial charge in [-0.05, 0) is 25.0 Å². The van der Waals surface area contributed by atoms with E-state index >= 15 is 0 Å². The number of ether oxygens (including phenoxy) is 3. The van der Waals surface area contributed by atoms with E-state index < -0.39 is 23.1 Å². The number of carbonyl (C=O) groups excluding carboxylic acids is 2. The molecule has 186 valence electrons. The van der Waals surface area contributed by atoms with Gasteiger partial charge in [-0.2, -0.15) is 0 Å². The Hall–Kier alpha value is -3.36. The maximum Gasteiger partial charge on any atom is 0.236 e. The molecule has 5 rings (SSSR count). The SMILES string of the molecule is COc1cc(OC)c2c(c1Cl)OC1(C(=O)C=C(NCc3cccc(-c4nc(C)cs4)c3)CC1C)C2=O. The summed E-state index contributed by atoms with van der Waals surface area (Å²) in [5.74, 6) is -0.615. The van der Waals surface area contributed by atoms with Crippen LogP contribution in [0.5, 0.6) is 17.2 Å². The number of fused-ring (bicyclic) bond motifs is 1. The average molecular weight is 525 g/mol. The van der Waals surface area contributed by atoms with Crippen molar-refractivity contribution < 1.29 is 23.8 Å². The number of carbonyl (C=O) groups is 2. The third-order valence-electron chi connectivity index (χ3n) is 6.62. The highest BCUT2D eigenvalue weighted by Crippen LogP contribution is 2.52. The number of allylic oxidation sites excluding steroid dienone is 1. The molecule has 1 aromatic heterocycles. The molecule has 1 spiro atoms. The lowest BCUT2D eigenvalue weighted by atomic mass is 9.74. The van der Waals surface area contributed by atoms with Gasteiger partial charge in [0.25, 0.3) is 0 Å². The summed E-state index contributed by atoms with van der Waals surface area (Å²) in [5.41, 5.74) is 2.34. The van der Waals surface area contributed by atoms with Crippen LogP contribution in [0.1, 0.15) is 35.0 Å². The number of methoxy groups -OCH3 is 2. The number of aromatic nitrogens is 1. The molecular weight excluding hydrogens is 500 g/mol. The standard InChI is InChI=1S/C27H25ClN2O5S/c1-14-8-18(29-12-16-6-5-7-17(9-16)26-30-15(2)13-36-26)10-21(31)27(14)25(32)22-19(33-3)11-20(34-4)23(28)24(22)35-27/h5-7,9-11,13-14,29H,8,12H2,1-4H3. The van der Waals surface area contributed by atoms with E-state index in [1.807, 2.05) is 37.4 Å². The maximum absolute atomic E-state index is 13.6. The van der Waals surface area contributed by atoms with Crippen molar-refractivity contribution >= 4 is 34.5 Å². The fraction of sp³-hybridized carbons (Fsp3) is 0.296. The molecule has 0 amide bonds. The molecule has 0 bridgehead atoms. The van der Waals surface area contributed by atoms with Gasteiger partial charge in [-0.1, -0.05) is 36.7 Å². The molecule has 0 saturated heterocycles. The number of hydrogen-bond donors (Lipinski definition) is 1. The normalized spacial score (nSPS) is 20.7. The van der Waals surface area contributed by atoms with E-state index in [0.717, 1.165) is 27.5 Å². The van der Waals surface area contributed by atoms with Crippen LogP contribution >= 0.6 is 22.9 Å². The molecule has 1 aliphatic carbocycles. The second kappa shape index (κ2) is 9.26. The third kappa shape index (κ3) is 3.85. The van der Waals surface area contributed by atoms with Crippen LogP contribution in [0.15, 0.2) is 47.5 Å². The van der Waals surface area contributed by atoms with Crippen LogP contribution in [-0.2, 0) is 11.3 Å². The van der Waals surface area contributed by atoms with Gasteiger partial charge < -0.3 is 19.5 Å². The Morgan fingerprint density at radius 3 is 2.67 bits per heavy atom. The van der Waals surface area contributed by atoms with E-state index in [1.165, 1.54) is 26.4 Å². The molecule has 2 unspecified atom stereocenters. The fourth-order valence-electron chi connectivity index (χ4n) is 4.77. The predicted molar refractivity (Wildman–Crippen MR) is 138 cm³/mol. The van der Waals surface area contributed by atoms with Crippen LogP contribution in [0.25, 0.3) is 10.6 Å². The molecule has 2 atom stereocenters. The van der Waals surface area contributed by atoms with E-state index in [0.29, 0.717) is 18.7 Å². The number of nitrogens with one attached hydrogen (secondary N) is 1. The molecule has 36 heavy (non-hydrogen) atoms. The van der Waals surface area contributed by atoms with Gasteiger partial charge in [-0.15, -0.1) is 11.3 Å². The van der Waals surface area contributed by atoms with Gasteiger partial charge >= 0.3 is 0 Å². The first-order valence-electron chi connectivity index (χ1n) is 11.5. The van der Waals surface area contributed by atoms with Crippen molar-refractivity contribution in [2.45, 2.75) is 32.4 Å². The summed E-state index contributed by atoms with van der Waals surface area (Å²) in [6.07, 6.45) is 1.92. The van der Waals surface area contributed by atoms with Crippen LogP contribution in [0.3, 0.4) is 0 Å². The smallest absolute Gasteiger partial charge is 0.236 e. The number of aryl methyl sites for hydroxylation is 1. The zero-order valence-corrected chi connectivity index (χ0v) is 21.9. The minimum absolute atomic E-state index is 0.122. The number of benzene rings is 2. The summed E-state index contributed by atoms with van der Waals surface area (Å²) in [5, 5.41) is 6.50. The molecule has 7 nitrogen and oxygen atoms in total. The van der Waals surface area contributed by atoms with Crippen molar-refractivity contribution in [3.63, 3.8) is 0 Å². The lowest BCUT2D eigenvalue weighted by Crippen LogP contribution is -2.55. The van der Waals surface area contributed by atoms with Crippen LogP contribution in [-0.4, -0.2) is 36.4 Å². The quantitative estimate of drug-likeness (QED) is 0.433. The Bertz CT molecular complexity index is 1420. The van der Waals surface area contributed by atoms with Crippen LogP contribution in [0.2, 0.25) is 5.02 Å². The highest BCUT2D eigenvalue weighted by molar-refractivity contribution is 7.13. The Balaban J connectivity index is 1.38. The zero-order valence-electron chi connectivity index (χ0n) is 20.3. The largest absolute Gasteiger partial charge is 0.496 e. The van der Waals surface area contributed by atoms with Gasteiger partial charge in [0.1, 0.15) is 27.1 Å². The molecule has 2 heterocycles. The lowest BCUT2D eigenvalue weighted by Gasteiger charge is -2.35. The van der Waals surface area contributed by atoms with Gasteiger partial charge in [0.2, 0.25) is 17.2 Å². The number of Topliss-reactive ketones (excluding diaryl/α,β-unsaturated/α-hetero) is 1. The van der Waals surface area contributed by atoms with Crippen molar-refractivity contribution in [3.05, 3.63) is 69.3 Å². The van der Waals surface area contributed by atoms with Gasteiger partial charge in [-0.3, -0.25) is 9.59 Å². The molecule has 0 fully saturated rings. The molecule has 2 aliphatic rings. The van der Waals surface area contributed by atoms with Crippen molar-refractivity contribution in [2.24, 2.45) is 5.92 Å². The Kier molecular flexibility index (Phi) is 6.26. The third-order valence-corrected chi connectivity index (χ3v) is 7.99. The summed E-state index contributed by atoms with van der Waals surface area (Å²) in [7, 11) is 2.91. The minimum Gasteiger partial charge on any atom is -0.496 e.